The maximum absolute atomic E-state index is 9.30. The highest BCUT2D eigenvalue weighted by Gasteiger charge is 2.07. The summed E-state index contributed by atoms with van der Waals surface area (Å²) in [6, 6.07) is 17.4. The Morgan fingerprint density at radius 3 is 2.67 bits per heavy atom. The molecule has 5 heteroatoms. The average molecular weight is 403 g/mol. The highest BCUT2D eigenvalue weighted by molar-refractivity contribution is 9.11. The monoisotopic (exact) mass is 401 g/mol. The summed E-state index contributed by atoms with van der Waals surface area (Å²) < 4.78 is 1.90. The molecule has 0 bridgehead atoms. The molecule has 0 atom stereocenters. The molecule has 3 nitrogen and oxygen atoms in total. The van der Waals surface area contributed by atoms with Crippen molar-refractivity contribution in [2.45, 2.75) is 0 Å². The Morgan fingerprint density at radius 1 is 1.05 bits per heavy atom. The number of pyridine rings is 1. The number of rotatable bonds is 2. The van der Waals surface area contributed by atoms with Crippen molar-refractivity contribution < 1.29 is 0 Å². The van der Waals surface area contributed by atoms with Crippen LogP contribution in [0.3, 0.4) is 0 Å². The molecule has 102 valence electrons. The molecule has 0 fully saturated rings. The summed E-state index contributed by atoms with van der Waals surface area (Å²) in [5, 5.41) is 13.4. The van der Waals surface area contributed by atoms with Crippen molar-refractivity contribution in [1.29, 1.82) is 5.26 Å². The maximum atomic E-state index is 9.30. The Hall–Kier alpha value is -1.90. The van der Waals surface area contributed by atoms with Gasteiger partial charge in [0.15, 0.2) is 0 Å². The SMILES string of the molecule is N#Cc1cc(Nc2cc(Br)ccc2Br)nc2ccccc12. The van der Waals surface area contributed by atoms with Crippen molar-refractivity contribution in [2.75, 3.05) is 5.32 Å². The van der Waals surface area contributed by atoms with E-state index >= 15 is 0 Å². The summed E-state index contributed by atoms with van der Waals surface area (Å²) in [5.74, 6) is 0.643. The van der Waals surface area contributed by atoms with Crippen molar-refractivity contribution in [2.24, 2.45) is 0 Å². The number of fused-ring (bicyclic) bond motifs is 1. The van der Waals surface area contributed by atoms with Gasteiger partial charge in [0.2, 0.25) is 0 Å². The van der Waals surface area contributed by atoms with Crippen LogP contribution < -0.4 is 5.32 Å². The van der Waals surface area contributed by atoms with Crippen molar-refractivity contribution in [3.05, 3.63) is 63.0 Å². The van der Waals surface area contributed by atoms with Gasteiger partial charge in [-0.3, -0.25) is 0 Å². The van der Waals surface area contributed by atoms with Crippen molar-refractivity contribution in [1.82, 2.24) is 4.98 Å². The normalized spacial score (nSPS) is 10.3. The van der Waals surface area contributed by atoms with E-state index in [-0.39, 0.29) is 0 Å². The van der Waals surface area contributed by atoms with Crippen LogP contribution in [0.1, 0.15) is 5.56 Å². The predicted octanol–water partition coefficient (Wildman–Crippen LogP) is 5.38. The van der Waals surface area contributed by atoms with Gasteiger partial charge in [0.1, 0.15) is 5.82 Å². The van der Waals surface area contributed by atoms with Gasteiger partial charge in [-0.15, -0.1) is 0 Å². The van der Waals surface area contributed by atoms with Gasteiger partial charge >= 0.3 is 0 Å². The van der Waals surface area contributed by atoms with Crippen molar-refractivity contribution >= 4 is 54.3 Å². The first-order valence-corrected chi connectivity index (χ1v) is 7.78. The molecule has 1 aromatic heterocycles. The molecule has 0 aliphatic carbocycles. The number of hydrogen-bond acceptors (Lipinski definition) is 3. The van der Waals surface area contributed by atoms with E-state index in [1.807, 2.05) is 42.5 Å². The van der Waals surface area contributed by atoms with Crippen LogP contribution in [0.2, 0.25) is 0 Å². The Bertz CT molecular complexity index is 869. The molecule has 0 saturated carbocycles. The summed E-state index contributed by atoms with van der Waals surface area (Å²) in [5.41, 5.74) is 2.29. The van der Waals surface area contributed by atoms with Gasteiger partial charge in [-0.2, -0.15) is 5.26 Å². The minimum absolute atomic E-state index is 0.606. The highest BCUT2D eigenvalue weighted by Crippen LogP contribution is 2.29. The number of hydrogen-bond donors (Lipinski definition) is 1. The number of anilines is 2. The number of para-hydroxylation sites is 1. The fourth-order valence-corrected chi connectivity index (χ4v) is 2.77. The Kier molecular flexibility index (Phi) is 3.91. The Labute approximate surface area is 138 Å². The molecular weight excluding hydrogens is 394 g/mol. The zero-order valence-electron chi connectivity index (χ0n) is 10.8. The lowest BCUT2D eigenvalue weighted by molar-refractivity contribution is 1.35. The third kappa shape index (κ3) is 2.92. The van der Waals surface area contributed by atoms with E-state index in [2.05, 4.69) is 48.2 Å². The van der Waals surface area contributed by atoms with Crippen LogP contribution in [-0.2, 0) is 0 Å². The summed E-state index contributed by atoms with van der Waals surface area (Å²) in [6.45, 7) is 0. The molecule has 0 saturated heterocycles. The lowest BCUT2D eigenvalue weighted by atomic mass is 10.1. The largest absolute Gasteiger partial charge is 0.339 e. The molecule has 21 heavy (non-hydrogen) atoms. The second-order valence-electron chi connectivity index (χ2n) is 4.43. The van der Waals surface area contributed by atoms with E-state index in [9.17, 15) is 5.26 Å². The van der Waals surface area contributed by atoms with E-state index in [1.54, 1.807) is 6.07 Å². The zero-order valence-corrected chi connectivity index (χ0v) is 13.9. The van der Waals surface area contributed by atoms with Gasteiger partial charge in [0.25, 0.3) is 0 Å². The summed E-state index contributed by atoms with van der Waals surface area (Å²) in [4.78, 5) is 4.55. The van der Waals surface area contributed by atoms with Crippen LogP contribution in [0.15, 0.2) is 57.5 Å². The van der Waals surface area contributed by atoms with Crippen LogP contribution in [0.5, 0.6) is 0 Å². The van der Waals surface area contributed by atoms with E-state index in [0.29, 0.717) is 11.4 Å². The lowest BCUT2D eigenvalue weighted by Gasteiger charge is -2.10. The molecule has 3 rings (SSSR count). The zero-order chi connectivity index (χ0) is 14.8. The average Bonchev–Trinajstić information content (AvgIpc) is 2.50. The first kappa shape index (κ1) is 14.1. The van der Waals surface area contributed by atoms with E-state index in [1.165, 1.54) is 0 Å². The van der Waals surface area contributed by atoms with Crippen molar-refractivity contribution in [3.63, 3.8) is 0 Å². The molecule has 3 aromatic rings. The molecule has 0 radical (unpaired) electrons. The summed E-state index contributed by atoms with van der Waals surface area (Å²) >= 11 is 6.94. The Balaban J connectivity index is 2.09. The topological polar surface area (TPSA) is 48.7 Å². The quantitative estimate of drug-likeness (QED) is 0.626. The van der Waals surface area contributed by atoms with Gasteiger partial charge < -0.3 is 5.32 Å². The molecule has 1 N–H and O–H groups in total. The van der Waals surface area contributed by atoms with E-state index in [0.717, 1.165) is 25.5 Å². The first-order valence-electron chi connectivity index (χ1n) is 6.19. The van der Waals surface area contributed by atoms with Gasteiger partial charge in [-0.05, 0) is 46.3 Å². The smallest absolute Gasteiger partial charge is 0.132 e. The van der Waals surface area contributed by atoms with Crippen LogP contribution in [0.4, 0.5) is 11.5 Å². The van der Waals surface area contributed by atoms with Crippen LogP contribution in [-0.4, -0.2) is 4.98 Å². The van der Waals surface area contributed by atoms with Gasteiger partial charge in [0.05, 0.1) is 22.8 Å². The number of benzene rings is 2. The third-order valence-electron chi connectivity index (χ3n) is 3.03. The lowest BCUT2D eigenvalue weighted by Crippen LogP contribution is -1.96. The summed E-state index contributed by atoms with van der Waals surface area (Å²) in [7, 11) is 0. The Morgan fingerprint density at radius 2 is 1.86 bits per heavy atom. The number of nitrogens with zero attached hydrogens (tertiary/aromatic N) is 2. The van der Waals surface area contributed by atoms with Crippen LogP contribution in [0.25, 0.3) is 10.9 Å². The summed E-state index contributed by atoms with van der Waals surface area (Å²) in [6.07, 6.45) is 0. The van der Waals surface area contributed by atoms with Crippen LogP contribution >= 0.6 is 31.9 Å². The molecule has 0 aliphatic rings. The molecule has 0 unspecified atom stereocenters. The molecular formula is C16H9Br2N3. The number of nitrogens with one attached hydrogen (secondary N) is 1. The second-order valence-corrected chi connectivity index (χ2v) is 6.20. The fourth-order valence-electron chi connectivity index (χ4n) is 2.06. The predicted molar refractivity (Wildman–Crippen MR) is 91.6 cm³/mol. The van der Waals surface area contributed by atoms with Gasteiger partial charge in [0, 0.05) is 14.3 Å². The van der Waals surface area contributed by atoms with Gasteiger partial charge in [-0.1, -0.05) is 34.1 Å². The minimum Gasteiger partial charge on any atom is -0.339 e. The minimum atomic E-state index is 0.606. The van der Waals surface area contributed by atoms with Gasteiger partial charge in [-0.25, -0.2) is 4.98 Å². The van der Waals surface area contributed by atoms with E-state index < -0.39 is 0 Å². The second kappa shape index (κ2) is 5.84. The first-order chi connectivity index (χ1) is 10.2. The molecule has 0 spiro atoms. The molecule has 0 aliphatic heterocycles. The number of aromatic nitrogens is 1. The fraction of sp³-hybridized carbons (Fsp3) is 0. The number of halogens is 2. The van der Waals surface area contributed by atoms with Crippen molar-refractivity contribution in [3.8, 4) is 6.07 Å². The third-order valence-corrected chi connectivity index (χ3v) is 4.21. The number of nitriles is 1. The van der Waals surface area contributed by atoms with E-state index in [4.69, 9.17) is 0 Å². The highest BCUT2D eigenvalue weighted by atomic mass is 79.9. The molecule has 0 amide bonds. The maximum Gasteiger partial charge on any atom is 0.132 e. The molecule has 1 heterocycles. The standard InChI is InChI=1S/C16H9Br2N3/c17-11-5-6-13(18)15(8-11)21-16-7-10(9-19)12-3-1-2-4-14(12)20-16/h1-8H,(H,20,21). The van der Waals surface area contributed by atoms with Crippen LogP contribution in [0, 0.1) is 11.3 Å². The molecule has 2 aromatic carbocycles.